The summed E-state index contributed by atoms with van der Waals surface area (Å²) in [5, 5.41) is 9.04. The lowest BCUT2D eigenvalue weighted by molar-refractivity contribution is -0.143. The van der Waals surface area contributed by atoms with Gasteiger partial charge in [-0.05, 0) is 44.4 Å². The zero-order chi connectivity index (χ0) is 10.1. The van der Waals surface area contributed by atoms with E-state index in [1.54, 1.807) is 0 Å². The maximum absolute atomic E-state index is 11.0. The summed E-state index contributed by atoms with van der Waals surface area (Å²) in [6.07, 6.45) is 4.36. The second-order valence-electron chi connectivity index (χ2n) is 4.42. The third kappa shape index (κ3) is 1.54. The predicted octanol–water partition coefficient (Wildman–Crippen LogP) is 1.91. The largest absolute Gasteiger partial charge is 0.481 e. The van der Waals surface area contributed by atoms with E-state index >= 15 is 0 Å². The van der Waals surface area contributed by atoms with Crippen molar-refractivity contribution in [3.8, 4) is 0 Å². The van der Waals surface area contributed by atoms with Crippen molar-refractivity contribution in [1.82, 2.24) is 0 Å². The molecular weight excluding hydrogens is 180 g/mol. The van der Waals surface area contributed by atoms with Crippen LogP contribution in [0.1, 0.15) is 32.6 Å². The molecule has 2 aliphatic carbocycles. The van der Waals surface area contributed by atoms with Gasteiger partial charge in [0.1, 0.15) is 0 Å². The van der Waals surface area contributed by atoms with Crippen molar-refractivity contribution in [2.75, 3.05) is 6.61 Å². The number of fused-ring (bicyclic) bond motifs is 1. The van der Waals surface area contributed by atoms with E-state index in [9.17, 15) is 4.79 Å². The highest BCUT2D eigenvalue weighted by molar-refractivity contribution is 5.70. The average molecular weight is 198 g/mol. The van der Waals surface area contributed by atoms with Gasteiger partial charge in [0.15, 0.2) is 0 Å². The molecule has 0 bridgehead atoms. The Morgan fingerprint density at radius 3 is 2.64 bits per heavy atom. The van der Waals surface area contributed by atoms with Crippen LogP contribution in [0.4, 0.5) is 0 Å². The van der Waals surface area contributed by atoms with Crippen molar-refractivity contribution < 1.29 is 14.6 Å². The quantitative estimate of drug-likeness (QED) is 0.753. The van der Waals surface area contributed by atoms with E-state index in [-0.39, 0.29) is 5.92 Å². The van der Waals surface area contributed by atoms with Gasteiger partial charge in [-0.3, -0.25) is 4.79 Å². The van der Waals surface area contributed by atoms with Crippen molar-refractivity contribution in [1.29, 1.82) is 0 Å². The summed E-state index contributed by atoms with van der Waals surface area (Å²) < 4.78 is 5.65. The van der Waals surface area contributed by atoms with E-state index in [0.29, 0.717) is 17.9 Å². The Morgan fingerprint density at radius 1 is 1.29 bits per heavy atom. The van der Waals surface area contributed by atoms with E-state index in [0.717, 1.165) is 32.3 Å². The van der Waals surface area contributed by atoms with Crippen molar-refractivity contribution in [3.05, 3.63) is 0 Å². The lowest BCUT2D eigenvalue weighted by Gasteiger charge is -2.18. The first-order valence-electron chi connectivity index (χ1n) is 5.58. The highest BCUT2D eigenvalue weighted by atomic mass is 16.5. The molecule has 2 unspecified atom stereocenters. The summed E-state index contributed by atoms with van der Waals surface area (Å²) >= 11 is 0. The number of aliphatic carboxylic acids is 1. The Balaban J connectivity index is 2.00. The molecule has 2 saturated carbocycles. The molecule has 0 heterocycles. The molecule has 4 atom stereocenters. The smallest absolute Gasteiger partial charge is 0.306 e. The van der Waals surface area contributed by atoms with Crippen LogP contribution in [-0.4, -0.2) is 23.8 Å². The molecule has 0 radical (unpaired) electrons. The molecule has 0 aromatic carbocycles. The van der Waals surface area contributed by atoms with Crippen LogP contribution in [-0.2, 0) is 9.53 Å². The summed E-state index contributed by atoms with van der Waals surface area (Å²) in [4.78, 5) is 11.0. The molecule has 0 spiro atoms. The number of carbonyl (C=O) groups is 1. The molecule has 14 heavy (non-hydrogen) atoms. The molecule has 2 aliphatic rings. The molecule has 0 aromatic rings. The van der Waals surface area contributed by atoms with E-state index < -0.39 is 5.97 Å². The standard InChI is InChI=1S/C11H18O3/c1-2-14-10-6-5-7-8(10)3-4-9(7)11(12)13/h7-10H,2-6H2,1H3,(H,12,13)/t7-,8-,9?,10?/m0/s1. The molecule has 80 valence electrons. The lowest BCUT2D eigenvalue weighted by atomic mass is 9.92. The van der Waals surface area contributed by atoms with Gasteiger partial charge in [-0.25, -0.2) is 0 Å². The van der Waals surface area contributed by atoms with Crippen molar-refractivity contribution >= 4 is 5.97 Å². The molecule has 2 fully saturated rings. The molecule has 3 nitrogen and oxygen atoms in total. The van der Waals surface area contributed by atoms with E-state index in [4.69, 9.17) is 9.84 Å². The Kier molecular flexibility index (Phi) is 2.77. The van der Waals surface area contributed by atoms with Gasteiger partial charge in [0, 0.05) is 6.61 Å². The lowest BCUT2D eigenvalue weighted by Crippen LogP contribution is -2.22. The first-order chi connectivity index (χ1) is 6.74. The van der Waals surface area contributed by atoms with Crippen LogP contribution >= 0.6 is 0 Å². The molecule has 0 aromatic heterocycles. The monoisotopic (exact) mass is 198 g/mol. The Hall–Kier alpha value is -0.570. The number of hydrogen-bond donors (Lipinski definition) is 1. The van der Waals surface area contributed by atoms with Crippen molar-refractivity contribution in [2.45, 2.75) is 38.7 Å². The van der Waals surface area contributed by atoms with Gasteiger partial charge in [0.2, 0.25) is 0 Å². The van der Waals surface area contributed by atoms with Gasteiger partial charge < -0.3 is 9.84 Å². The topological polar surface area (TPSA) is 46.5 Å². The Bertz CT molecular complexity index is 227. The van der Waals surface area contributed by atoms with E-state index in [1.807, 2.05) is 6.92 Å². The third-order valence-electron chi connectivity index (χ3n) is 3.84. The highest BCUT2D eigenvalue weighted by Gasteiger charge is 2.47. The van der Waals surface area contributed by atoms with Crippen LogP contribution in [0.25, 0.3) is 0 Å². The number of ether oxygens (including phenoxy) is 1. The normalized spacial score (nSPS) is 41.2. The second-order valence-corrected chi connectivity index (χ2v) is 4.42. The first-order valence-corrected chi connectivity index (χ1v) is 5.58. The van der Waals surface area contributed by atoms with E-state index in [2.05, 4.69) is 0 Å². The van der Waals surface area contributed by atoms with Crippen molar-refractivity contribution in [3.63, 3.8) is 0 Å². The summed E-state index contributed by atoms with van der Waals surface area (Å²) in [6, 6.07) is 0. The SMILES string of the molecule is CCOC1CC[C@@H]2C(C(=O)O)CC[C@H]12. The minimum absolute atomic E-state index is 0.0922. The number of carboxylic acid groups (broad SMARTS) is 1. The van der Waals surface area contributed by atoms with Crippen LogP contribution in [0.5, 0.6) is 0 Å². The fraction of sp³-hybridized carbons (Fsp3) is 0.909. The molecular formula is C11H18O3. The van der Waals surface area contributed by atoms with Gasteiger partial charge in [-0.15, -0.1) is 0 Å². The fourth-order valence-electron chi connectivity index (χ4n) is 3.27. The van der Waals surface area contributed by atoms with Gasteiger partial charge in [0.25, 0.3) is 0 Å². The molecule has 1 N–H and O–H groups in total. The highest BCUT2D eigenvalue weighted by Crippen LogP contribution is 2.48. The molecule has 0 amide bonds. The van der Waals surface area contributed by atoms with Crippen LogP contribution in [0, 0.1) is 17.8 Å². The van der Waals surface area contributed by atoms with Crippen molar-refractivity contribution in [2.24, 2.45) is 17.8 Å². The van der Waals surface area contributed by atoms with Gasteiger partial charge >= 0.3 is 5.97 Å². The van der Waals surface area contributed by atoms with Crippen LogP contribution in [0.15, 0.2) is 0 Å². The zero-order valence-electron chi connectivity index (χ0n) is 8.61. The van der Waals surface area contributed by atoms with Crippen LogP contribution < -0.4 is 0 Å². The number of rotatable bonds is 3. The summed E-state index contributed by atoms with van der Waals surface area (Å²) in [5.41, 5.74) is 0. The number of hydrogen-bond acceptors (Lipinski definition) is 2. The van der Waals surface area contributed by atoms with Crippen LogP contribution in [0.2, 0.25) is 0 Å². The maximum Gasteiger partial charge on any atom is 0.306 e. The van der Waals surface area contributed by atoms with E-state index in [1.165, 1.54) is 0 Å². The number of carboxylic acids is 1. The molecule has 2 rings (SSSR count). The molecule has 0 saturated heterocycles. The molecule has 0 aliphatic heterocycles. The third-order valence-corrected chi connectivity index (χ3v) is 3.84. The summed E-state index contributed by atoms with van der Waals surface area (Å²) in [5.74, 6) is 0.222. The molecule has 3 heteroatoms. The zero-order valence-corrected chi connectivity index (χ0v) is 8.61. The van der Waals surface area contributed by atoms with Gasteiger partial charge in [-0.2, -0.15) is 0 Å². The van der Waals surface area contributed by atoms with Gasteiger partial charge in [0.05, 0.1) is 12.0 Å². The predicted molar refractivity (Wildman–Crippen MR) is 52.0 cm³/mol. The first kappa shape index (κ1) is 9.97. The second kappa shape index (κ2) is 3.89. The average Bonchev–Trinajstić information content (AvgIpc) is 2.67. The maximum atomic E-state index is 11.0. The minimum Gasteiger partial charge on any atom is -0.481 e. The van der Waals surface area contributed by atoms with Crippen LogP contribution in [0.3, 0.4) is 0 Å². The summed E-state index contributed by atoms with van der Waals surface area (Å²) in [6.45, 7) is 2.77. The Labute approximate surface area is 84.4 Å². The summed E-state index contributed by atoms with van der Waals surface area (Å²) in [7, 11) is 0. The van der Waals surface area contributed by atoms with Gasteiger partial charge in [-0.1, -0.05) is 0 Å². The minimum atomic E-state index is -0.602. The Morgan fingerprint density at radius 2 is 2.00 bits per heavy atom. The fourth-order valence-corrected chi connectivity index (χ4v) is 3.27.